The number of hydrogen-bond acceptors (Lipinski definition) is 3. The predicted molar refractivity (Wildman–Crippen MR) is 79.9 cm³/mol. The zero-order valence-corrected chi connectivity index (χ0v) is 12.6. The van der Waals surface area contributed by atoms with Crippen molar-refractivity contribution >= 4 is 5.97 Å². The summed E-state index contributed by atoms with van der Waals surface area (Å²) >= 11 is 0. The number of carboxylic acid groups (broad SMARTS) is 1. The molecule has 1 unspecified atom stereocenters. The van der Waals surface area contributed by atoms with E-state index in [0.29, 0.717) is 12.8 Å². The summed E-state index contributed by atoms with van der Waals surface area (Å²) in [6.07, 6.45) is 1.58. The topological polar surface area (TPSA) is 60.8 Å². The molecule has 5 atom stereocenters. The van der Waals surface area contributed by atoms with Crippen LogP contribution in [-0.2, 0) is 4.79 Å². The van der Waals surface area contributed by atoms with E-state index in [9.17, 15) is 15.0 Å². The van der Waals surface area contributed by atoms with E-state index < -0.39 is 17.6 Å². The number of likely N-dealkylation sites (tertiary alicyclic amines) is 1. The van der Waals surface area contributed by atoms with Gasteiger partial charge in [-0.3, -0.25) is 9.69 Å². The van der Waals surface area contributed by atoms with Crippen molar-refractivity contribution in [2.24, 2.45) is 5.92 Å². The molecule has 1 heterocycles. The van der Waals surface area contributed by atoms with Crippen LogP contribution in [0, 0.1) is 5.92 Å². The molecule has 1 aromatic rings. The average Bonchev–Trinajstić information content (AvgIpc) is 3.01. The summed E-state index contributed by atoms with van der Waals surface area (Å²) in [6, 6.07) is 9.94. The van der Waals surface area contributed by atoms with Gasteiger partial charge in [0.1, 0.15) is 5.54 Å². The van der Waals surface area contributed by atoms with Gasteiger partial charge < -0.3 is 10.2 Å². The minimum absolute atomic E-state index is 0.00722. The zero-order valence-electron chi connectivity index (χ0n) is 12.6. The molecule has 0 radical (unpaired) electrons. The molecule has 0 aromatic heterocycles. The van der Waals surface area contributed by atoms with Crippen LogP contribution >= 0.6 is 0 Å². The van der Waals surface area contributed by atoms with Gasteiger partial charge in [-0.15, -0.1) is 0 Å². The van der Waals surface area contributed by atoms with Crippen molar-refractivity contribution in [3.05, 3.63) is 35.9 Å². The summed E-state index contributed by atoms with van der Waals surface area (Å²) in [6.45, 7) is 4.00. The van der Waals surface area contributed by atoms with Crippen LogP contribution in [0.3, 0.4) is 0 Å². The molecule has 0 spiro atoms. The van der Waals surface area contributed by atoms with Crippen LogP contribution in [0.15, 0.2) is 30.3 Å². The lowest BCUT2D eigenvalue weighted by atomic mass is 9.79. The minimum Gasteiger partial charge on any atom is -0.480 e. The van der Waals surface area contributed by atoms with Crippen LogP contribution < -0.4 is 0 Å². The van der Waals surface area contributed by atoms with E-state index in [0.717, 1.165) is 12.0 Å². The van der Waals surface area contributed by atoms with Gasteiger partial charge in [-0.2, -0.15) is 0 Å². The smallest absolute Gasteiger partial charge is 0.324 e. The Labute approximate surface area is 125 Å². The first-order valence-electron chi connectivity index (χ1n) is 7.77. The van der Waals surface area contributed by atoms with E-state index in [-0.39, 0.29) is 18.0 Å². The highest BCUT2D eigenvalue weighted by Crippen LogP contribution is 2.54. The van der Waals surface area contributed by atoms with Gasteiger partial charge in [-0.05, 0) is 37.7 Å². The molecular formula is C17H23NO3. The van der Waals surface area contributed by atoms with Crippen LogP contribution in [-0.4, -0.2) is 38.8 Å². The Morgan fingerprint density at radius 2 is 2.05 bits per heavy atom. The second-order valence-corrected chi connectivity index (χ2v) is 6.38. The molecule has 1 saturated heterocycles. The molecule has 2 N–H and O–H groups in total. The maximum absolute atomic E-state index is 12.1. The Hall–Kier alpha value is -1.39. The Morgan fingerprint density at radius 1 is 1.38 bits per heavy atom. The van der Waals surface area contributed by atoms with E-state index in [1.54, 1.807) is 0 Å². The summed E-state index contributed by atoms with van der Waals surface area (Å²) in [4.78, 5) is 14.1. The van der Waals surface area contributed by atoms with Crippen LogP contribution in [0.1, 0.15) is 44.7 Å². The highest BCUT2D eigenvalue weighted by Gasteiger charge is 2.64. The molecule has 1 aromatic carbocycles. The third kappa shape index (κ3) is 1.93. The number of benzene rings is 1. The second-order valence-electron chi connectivity index (χ2n) is 6.38. The number of carbonyl (C=O) groups is 1. The van der Waals surface area contributed by atoms with Gasteiger partial charge in [-0.1, -0.05) is 37.3 Å². The van der Waals surface area contributed by atoms with Gasteiger partial charge >= 0.3 is 5.97 Å². The van der Waals surface area contributed by atoms with Gasteiger partial charge in [0.05, 0.1) is 6.10 Å². The number of piperidine rings is 1. The van der Waals surface area contributed by atoms with Crippen molar-refractivity contribution in [1.82, 2.24) is 4.90 Å². The predicted octanol–water partition coefficient (Wildman–Crippen LogP) is 2.44. The number of aliphatic hydroxyl groups excluding tert-OH is 1. The van der Waals surface area contributed by atoms with E-state index in [1.165, 1.54) is 0 Å². The highest BCUT2D eigenvalue weighted by atomic mass is 16.4. The molecule has 2 bridgehead atoms. The summed E-state index contributed by atoms with van der Waals surface area (Å²) in [7, 11) is 0. The summed E-state index contributed by atoms with van der Waals surface area (Å²) in [5, 5.41) is 20.2. The zero-order chi connectivity index (χ0) is 15.2. The molecule has 114 valence electrons. The fourth-order valence-corrected chi connectivity index (χ4v) is 4.62. The number of nitrogens with zero attached hydrogens (tertiary/aromatic N) is 1. The molecule has 21 heavy (non-hydrogen) atoms. The fraction of sp³-hybridized carbons (Fsp3) is 0.588. The van der Waals surface area contributed by atoms with Crippen LogP contribution in [0.25, 0.3) is 0 Å². The molecule has 2 fully saturated rings. The number of rotatable bonds is 4. The lowest BCUT2D eigenvalue weighted by Crippen LogP contribution is -2.61. The van der Waals surface area contributed by atoms with Gasteiger partial charge in [0.15, 0.2) is 0 Å². The lowest BCUT2D eigenvalue weighted by molar-refractivity contribution is -0.161. The summed E-state index contributed by atoms with van der Waals surface area (Å²) in [5.41, 5.74) is 0.274. The Kier molecular flexibility index (Phi) is 3.54. The van der Waals surface area contributed by atoms with Crippen molar-refractivity contribution in [3.63, 3.8) is 0 Å². The molecule has 4 nitrogen and oxygen atoms in total. The van der Waals surface area contributed by atoms with E-state index >= 15 is 0 Å². The van der Waals surface area contributed by atoms with E-state index in [4.69, 9.17) is 0 Å². The fourth-order valence-electron chi connectivity index (χ4n) is 4.62. The van der Waals surface area contributed by atoms with Crippen molar-refractivity contribution in [2.45, 2.75) is 56.8 Å². The van der Waals surface area contributed by atoms with Gasteiger partial charge in [0.2, 0.25) is 0 Å². The Bertz CT molecular complexity index is 532. The van der Waals surface area contributed by atoms with Gasteiger partial charge in [0.25, 0.3) is 0 Å². The van der Waals surface area contributed by atoms with Crippen LogP contribution in [0.2, 0.25) is 0 Å². The molecule has 4 heteroatoms. The van der Waals surface area contributed by atoms with Gasteiger partial charge in [-0.25, -0.2) is 0 Å². The first-order valence-corrected chi connectivity index (χ1v) is 7.77. The molecular weight excluding hydrogens is 266 g/mol. The molecule has 0 amide bonds. The quantitative estimate of drug-likeness (QED) is 0.893. The normalized spacial score (nSPS) is 36.8. The minimum atomic E-state index is -0.834. The number of hydrogen-bond donors (Lipinski definition) is 2. The van der Waals surface area contributed by atoms with E-state index in [2.05, 4.69) is 11.8 Å². The number of fused-ring (bicyclic) bond motifs is 2. The number of aliphatic carboxylic acids is 1. The van der Waals surface area contributed by atoms with E-state index in [1.807, 2.05) is 37.3 Å². The first-order chi connectivity index (χ1) is 10.0. The third-order valence-corrected chi connectivity index (χ3v) is 5.60. The largest absolute Gasteiger partial charge is 0.480 e. The third-order valence-electron chi connectivity index (χ3n) is 5.60. The van der Waals surface area contributed by atoms with Crippen LogP contribution in [0.5, 0.6) is 0 Å². The van der Waals surface area contributed by atoms with Crippen molar-refractivity contribution < 1.29 is 15.0 Å². The maximum atomic E-state index is 12.1. The summed E-state index contributed by atoms with van der Waals surface area (Å²) in [5.74, 6) is -0.696. The van der Waals surface area contributed by atoms with Crippen molar-refractivity contribution in [2.75, 3.05) is 0 Å². The molecule has 3 rings (SSSR count). The molecule has 1 saturated carbocycles. The Balaban J connectivity index is 2.03. The molecule has 1 aliphatic heterocycles. The second kappa shape index (κ2) is 5.11. The number of aliphatic hydroxyl groups is 1. The average molecular weight is 289 g/mol. The first kappa shape index (κ1) is 14.5. The summed E-state index contributed by atoms with van der Waals surface area (Å²) < 4.78 is 0. The highest BCUT2D eigenvalue weighted by molar-refractivity contribution is 5.80. The van der Waals surface area contributed by atoms with Crippen LogP contribution in [0.4, 0.5) is 0 Å². The van der Waals surface area contributed by atoms with Crippen molar-refractivity contribution in [3.8, 4) is 0 Å². The number of carboxylic acids is 1. The SMILES string of the molecule is CC[C@@]1(C(=O)O)[C@H]2CC([C@H](O)C2)N1[C@H](C)c1ccccc1. The maximum Gasteiger partial charge on any atom is 0.324 e. The van der Waals surface area contributed by atoms with Gasteiger partial charge in [0, 0.05) is 12.1 Å². The standard InChI is InChI=1S/C17H23NO3/c1-3-17(16(20)21)13-9-14(15(19)10-13)18(17)11(2)12-7-5-4-6-8-12/h4-8,11,13-15,19H,3,9-10H2,1-2H3,(H,20,21)/t11-,13+,14?,15-,17+/m1/s1. The lowest BCUT2D eigenvalue weighted by Gasteiger charge is -2.48. The van der Waals surface area contributed by atoms with Crippen molar-refractivity contribution in [1.29, 1.82) is 0 Å². The molecule has 1 aliphatic carbocycles. The molecule has 2 aliphatic rings. The Morgan fingerprint density at radius 3 is 2.62 bits per heavy atom. The monoisotopic (exact) mass is 289 g/mol.